The Labute approximate surface area is 282 Å². The zero-order valence-corrected chi connectivity index (χ0v) is 27.9. The summed E-state index contributed by atoms with van der Waals surface area (Å²) in [7, 11) is -4.27. The highest BCUT2D eigenvalue weighted by molar-refractivity contribution is 7.92. The topological polar surface area (TPSA) is 96.0 Å². The quantitative estimate of drug-likeness (QED) is 0.165. The number of benzene rings is 4. The second-order valence-electron chi connectivity index (χ2n) is 11.9. The average molecular weight is 672 g/mol. The molecule has 1 unspecified atom stereocenters. The fourth-order valence-corrected chi connectivity index (χ4v) is 7.50. The first-order valence-corrected chi connectivity index (χ1v) is 17.9. The molecule has 5 rings (SSSR count). The third-order valence-corrected chi connectivity index (χ3v) is 10.3. The van der Waals surface area contributed by atoms with E-state index in [0.29, 0.717) is 11.3 Å². The Morgan fingerprint density at radius 3 is 2.12 bits per heavy atom. The summed E-state index contributed by atoms with van der Waals surface area (Å²) in [5.74, 6) is -1.04. The highest BCUT2D eigenvalue weighted by Crippen LogP contribution is 2.33. The maximum absolute atomic E-state index is 14.7. The van der Waals surface area contributed by atoms with Gasteiger partial charge < -0.3 is 15.0 Å². The van der Waals surface area contributed by atoms with Gasteiger partial charge in [-0.3, -0.25) is 13.9 Å². The SMILES string of the molecule is CCOc1ccccc1N(CC(=O)N(Cc1ccc(F)cc1)C(Cc1ccccc1)C(=O)NC1CCCCC1)S(=O)(=O)c1ccccc1. The van der Waals surface area contributed by atoms with Crippen molar-refractivity contribution in [1.82, 2.24) is 10.2 Å². The lowest BCUT2D eigenvalue weighted by molar-refractivity contribution is -0.140. The third-order valence-electron chi connectivity index (χ3n) is 8.53. The molecule has 2 amide bonds. The molecule has 0 spiro atoms. The molecule has 252 valence electrons. The summed E-state index contributed by atoms with van der Waals surface area (Å²) in [5, 5.41) is 3.19. The van der Waals surface area contributed by atoms with Gasteiger partial charge in [0.05, 0.1) is 17.2 Å². The second kappa shape index (κ2) is 16.4. The van der Waals surface area contributed by atoms with Crippen molar-refractivity contribution in [3.05, 3.63) is 126 Å². The van der Waals surface area contributed by atoms with E-state index in [9.17, 15) is 22.4 Å². The number of amides is 2. The molecular formula is C38H42FN3O5S. The Kier molecular flexibility index (Phi) is 11.8. The molecule has 1 N–H and O–H groups in total. The van der Waals surface area contributed by atoms with Crippen LogP contribution in [0.3, 0.4) is 0 Å². The van der Waals surface area contributed by atoms with Crippen molar-refractivity contribution in [1.29, 1.82) is 0 Å². The van der Waals surface area contributed by atoms with Crippen LogP contribution < -0.4 is 14.4 Å². The zero-order valence-electron chi connectivity index (χ0n) is 27.1. The molecule has 0 aliphatic heterocycles. The molecule has 0 bridgehead atoms. The fraction of sp³-hybridized carbons (Fsp3) is 0.316. The molecule has 0 radical (unpaired) electrons. The third kappa shape index (κ3) is 8.80. The van der Waals surface area contributed by atoms with Gasteiger partial charge >= 0.3 is 0 Å². The van der Waals surface area contributed by atoms with Crippen LogP contribution in [0.2, 0.25) is 0 Å². The van der Waals surface area contributed by atoms with Crippen LogP contribution in [0, 0.1) is 5.82 Å². The summed E-state index contributed by atoms with van der Waals surface area (Å²) in [5.41, 5.74) is 1.64. The number of hydrogen-bond acceptors (Lipinski definition) is 5. The number of rotatable bonds is 14. The molecule has 1 aliphatic rings. The van der Waals surface area contributed by atoms with Crippen LogP contribution in [0.5, 0.6) is 5.75 Å². The first-order chi connectivity index (χ1) is 23.3. The summed E-state index contributed by atoms with van der Waals surface area (Å²) in [6, 6.07) is 28.7. The van der Waals surface area contributed by atoms with Crippen LogP contribution >= 0.6 is 0 Å². The smallest absolute Gasteiger partial charge is 0.264 e. The molecule has 48 heavy (non-hydrogen) atoms. The first-order valence-electron chi connectivity index (χ1n) is 16.4. The Balaban J connectivity index is 1.58. The van der Waals surface area contributed by atoms with E-state index in [0.717, 1.165) is 42.0 Å². The van der Waals surface area contributed by atoms with Gasteiger partial charge in [-0.25, -0.2) is 12.8 Å². The van der Waals surface area contributed by atoms with Crippen LogP contribution in [0.25, 0.3) is 0 Å². The van der Waals surface area contributed by atoms with Crippen LogP contribution in [0.4, 0.5) is 10.1 Å². The number of nitrogens with zero attached hydrogens (tertiary/aromatic N) is 2. The number of carbonyl (C=O) groups excluding carboxylic acids is 2. The summed E-state index contributed by atoms with van der Waals surface area (Å²) in [6.45, 7) is 1.43. The van der Waals surface area contributed by atoms with Crippen molar-refractivity contribution < 1.29 is 27.1 Å². The lowest BCUT2D eigenvalue weighted by Crippen LogP contribution is -2.55. The number of halogens is 1. The van der Waals surface area contributed by atoms with Crippen LogP contribution in [-0.4, -0.2) is 50.4 Å². The van der Waals surface area contributed by atoms with E-state index in [1.54, 1.807) is 61.5 Å². The van der Waals surface area contributed by atoms with Crippen LogP contribution in [0.1, 0.15) is 50.2 Å². The Bertz CT molecular complexity index is 1750. The van der Waals surface area contributed by atoms with E-state index < -0.39 is 34.3 Å². The van der Waals surface area contributed by atoms with E-state index in [-0.39, 0.29) is 42.1 Å². The highest BCUT2D eigenvalue weighted by atomic mass is 32.2. The molecular weight excluding hydrogens is 629 g/mol. The van der Waals surface area contributed by atoms with E-state index in [4.69, 9.17) is 4.74 Å². The Hall–Kier alpha value is -4.70. The molecule has 0 aromatic heterocycles. The molecule has 1 aliphatic carbocycles. The normalized spacial score (nSPS) is 14.1. The molecule has 4 aromatic carbocycles. The second-order valence-corrected chi connectivity index (χ2v) is 13.8. The summed E-state index contributed by atoms with van der Waals surface area (Å²) in [4.78, 5) is 30.3. The van der Waals surface area contributed by atoms with Crippen molar-refractivity contribution in [2.75, 3.05) is 17.5 Å². The number of carbonyl (C=O) groups is 2. The van der Waals surface area contributed by atoms with Crippen molar-refractivity contribution >= 4 is 27.5 Å². The number of hydrogen-bond donors (Lipinski definition) is 1. The van der Waals surface area contributed by atoms with Gasteiger partial charge in [-0.05, 0) is 67.3 Å². The lowest BCUT2D eigenvalue weighted by atomic mass is 9.94. The van der Waals surface area contributed by atoms with Gasteiger partial charge in [-0.2, -0.15) is 0 Å². The summed E-state index contributed by atoms with van der Waals surface area (Å²) in [6.07, 6.45) is 5.05. The number of nitrogens with one attached hydrogen (secondary N) is 1. The van der Waals surface area contributed by atoms with Crippen LogP contribution in [0.15, 0.2) is 114 Å². The largest absolute Gasteiger partial charge is 0.492 e. The minimum absolute atomic E-state index is 0.00469. The molecule has 4 aromatic rings. The predicted octanol–water partition coefficient (Wildman–Crippen LogP) is 6.51. The van der Waals surface area contributed by atoms with Crippen molar-refractivity contribution in [3.63, 3.8) is 0 Å². The van der Waals surface area contributed by atoms with Gasteiger partial charge in [-0.15, -0.1) is 0 Å². The highest BCUT2D eigenvalue weighted by Gasteiger charge is 2.36. The van der Waals surface area contributed by atoms with E-state index in [1.807, 2.05) is 30.3 Å². The monoisotopic (exact) mass is 671 g/mol. The number of ether oxygens (including phenoxy) is 1. The maximum atomic E-state index is 14.7. The van der Waals surface area contributed by atoms with E-state index >= 15 is 0 Å². The van der Waals surface area contributed by atoms with Gasteiger partial charge in [-0.1, -0.05) is 92.1 Å². The maximum Gasteiger partial charge on any atom is 0.264 e. The van der Waals surface area contributed by atoms with E-state index in [2.05, 4.69) is 5.32 Å². The van der Waals surface area contributed by atoms with Gasteiger partial charge in [0.15, 0.2) is 0 Å². The molecule has 0 saturated heterocycles. The standard InChI is InChI=1S/C38H42FN3O5S/c1-2-47-36-21-13-12-20-34(36)42(48(45,46)33-18-10-5-11-19-33)28-37(43)41(27-30-22-24-31(39)25-23-30)35(26-29-14-6-3-7-15-29)38(44)40-32-16-8-4-9-17-32/h3,5-7,10-15,18-25,32,35H,2,4,8-9,16-17,26-28H2,1H3,(H,40,44). The van der Waals surface area contributed by atoms with Gasteiger partial charge in [0, 0.05) is 19.0 Å². The number of anilines is 1. The molecule has 1 atom stereocenters. The average Bonchev–Trinajstić information content (AvgIpc) is 3.11. The van der Waals surface area contributed by atoms with E-state index in [1.165, 1.54) is 29.2 Å². The van der Waals surface area contributed by atoms with Crippen LogP contribution in [-0.2, 0) is 32.6 Å². The number of sulfonamides is 1. The fourth-order valence-electron chi connectivity index (χ4n) is 6.06. The van der Waals surface area contributed by atoms with Crippen molar-refractivity contribution in [2.45, 2.75) is 69.0 Å². The number of para-hydroxylation sites is 2. The molecule has 8 nitrogen and oxygen atoms in total. The van der Waals surface area contributed by atoms with Gasteiger partial charge in [0.25, 0.3) is 10.0 Å². The molecule has 1 saturated carbocycles. The molecule has 0 heterocycles. The van der Waals surface area contributed by atoms with Crippen molar-refractivity contribution in [2.24, 2.45) is 0 Å². The Morgan fingerprint density at radius 2 is 1.46 bits per heavy atom. The van der Waals surface area contributed by atoms with Gasteiger partial charge in [0.1, 0.15) is 24.2 Å². The molecule has 10 heteroatoms. The molecule has 1 fully saturated rings. The minimum Gasteiger partial charge on any atom is -0.492 e. The van der Waals surface area contributed by atoms with Crippen molar-refractivity contribution in [3.8, 4) is 5.75 Å². The first kappa shape index (κ1) is 34.6. The predicted molar refractivity (Wildman–Crippen MR) is 184 cm³/mol. The lowest BCUT2D eigenvalue weighted by Gasteiger charge is -2.35. The summed E-state index contributed by atoms with van der Waals surface area (Å²) >= 11 is 0. The van der Waals surface area contributed by atoms with Gasteiger partial charge in [0.2, 0.25) is 11.8 Å². The minimum atomic E-state index is -4.27. The Morgan fingerprint density at radius 1 is 0.833 bits per heavy atom. The zero-order chi connectivity index (χ0) is 33.9. The summed E-state index contributed by atoms with van der Waals surface area (Å²) < 4.78 is 49.4.